The Bertz CT molecular complexity index is 780. The van der Waals surface area contributed by atoms with Crippen LogP contribution in [0, 0.1) is 5.41 Å². The fourth-order valence-corrected chi connectivity index (χ4v) is 4.73. The number of rotatable bonds is 22. The van der Waals surface area contributed by atoms with E-state index < -0.39 is 29.4 Å². The average Bonchev–Trinajstić information content (AvgIpc) is 2.91. The fourth-order valence-electron chi connectivity index (χ4n) is 4.73. The van der Waals surface area contributed by atoms with Crippen LogP contribution in [0.25, 0.3) is 0 Å². The molecule has 2 N–H and O–H groups in total. The van der Waals surface area contributed by atoms with Gasteiger partial charge in [0.05, 0.1) is 19.6 Å². The molecule has 2 atom stereocenters. The van der Waals surface area contributed by atoms with Crippen LogP contribution in [-0.2, 0) is 28.6 Å². The molecule has 2 amide bonds. The summed E-state index contributed by atoms with van der Waals surface area (Å²) in [5.41, 5.74) is -0.475. The first-order chi connectivity index (χ1) is 19.5. The highest BCUT2D eigenvalue weighted by Gasteiger charge is 2.45. The number of hydrogen-bond donors (Lipinski definition) is 2. The van der Waals surface area contributed by atoms with Crippen molar-refractivity contribution in [2.75, 3.05) is 19.7 Å². The zero-order chi connectivity index (χ0) is 30.6. The van der Waals surface area contributed by atoms with Crippen LogP contribution in [0.2, 0.25) is 0 Å². The Balaban J connectivity index is 2.02. The van der Waals surface area contributed by atoms with Gasteiger partial charge in [-0.25, -0.2) is 0 Å². The van der Waals surface area contributed by atoms with Gasteiger partial charge in [-0.2, -0.15) is 0 Å². The van der Waals surface area contributed by atoms with Crippen LogP contribution in [0.5, 0.6) is 0 Å². The fraction of sp³-hybridized carbons (Fsp3) is 0.848. The molecule has 1 unspecified atom stereocenters. The molecule has 1 heterocycles. The normalized spacial score (nSPS) is 18.6. The third-order valence-corrected chi connectivity index (χ3v) is 7.35. The molecule has 0 bridgehead atoms. The first-order valence-electron chi connectivity index (χ1n) is 16.2. The van der Waals surface area contributed by atoms with Gasteiger partial charge in [0.15, 0.2) is 5.79 Å². The minimum atomic E-state index is -0.833. The summed E-state index contributed by atoms with van der Waals surface area (Å²) < 4.78 is 16.8. The van der Waals surface area contributed by atoms with E-state index in [9.17, 15) is 14.4 Å². The zero-order valence-electron chi connectivity index (χ0n) is 27.0. The Hall–Kier alpha value is -1.93. The van der Waals surface area contributed by atoms with Crippen LogP contribution in [-0.4, -0.2) is 55.5 Å². The van der Waals surface area contributed by atoms with Crippen molar-refractivity contribution in [3.05, 3.63) is 12.2 Å². The molecular formula is C33H60N2O6. The molecule has 1 aliphatic heterocycles. The van der Waals surface area contributed by atoms with Gasteiger partial charge >= 0.3 is 5.97 Å². The molecule has 8 nitrogen and oxygen atoms in total. The predicted octanol–water partition coefficient (Wildman–Crippen LogP) is 6.76. The van der Waals surface area contributed by atoms with Crippen molar-refractivity contribution in [1.29, 1.82) is 0 Å². The molecule has 1 fully saturated rings. The Labute approximate surface area is 250 Å². The van der Waals surface area contributed by atoms with Crippen LogP contribution < -0.4 is 10.6 Å². The van der Waals surface area contributed by atoms with Gasteiger partial charge in [-0.05, 0) is 52.9 Å². The Kier molecular flexibility index (Phi) is 18.9. The van der Waals surface area contributed by atoms with Crippen molar-refractivity contribution < 1.29 is 28.6 Å². The highest BCUT2D eigenvalue weighted by atomic mass is 16.7. The van der Waals surface area contributed by atoms with E-state index in [1.165, 1.54) is 57.8 Å². The summed E-state index contributed by atoms with van der Waals surface area (Å²) >= 11 is 0. The molecule has 0 aromatic rings. The second-order valence-electron chi connectivity index (χ2n) is 12.7. The maximum atomic E-state index is 12.6. The van der Waals surface area contributed by atoms with E-state index in [0.717, 1.165) is 25.7 Å². The van der Waals surface area contributed by atoms with Crippen molar-refractivity contribution in [2.45, 2.75) is 156 Å². The van der Waals surface area contributed by atoms with E-state index in [-0.39, 0.29) is 31.3 Å². The van der Waals surface area contributed by atoms with E-state index in [0.29, 0.717) is 13.0 Å². The molecule has 0 spiro atoms. The summed E-state index contributed by atoms with van der Waals surface area (Å²) in [6, 6.07) is 0. The minimum absolute atomic E-state index is 0.0141. The van der Waals surface area contributed by atoms with Gasteiger partial charge in [0.2, 0.25) is 11.8 Å². The lowest BCUT2D eigenvalue weighted by atomic mass is 9.85. The molecular weight excluding hydrogens is 520 g/mol. The lowest BCUT2D eigenvalue weighted by molar-refractivity contribution is -0.304. The molecule has 0 radical (unpaired) electrons. The Morgan fingerprint density at radius 2 is 1.44 bits per heavy atom. The van der Waals surface area contributed by atoms with Crippen molar-refractivity contribution in [1.82, 2.24) is 10.6 Å². The number of amides is 2. The van der Waals surface area contributed by atoms with Gasteiger partial charge in [0, 0.05) is 18.4 Å². The molecule has 0 aromatic carbocycles. The molecule has 238 valence electrons. The Morgan fingerprint density at radius 3 is 2.07 bits per heavy atom. The van der Waals surface area contributed by atoms with Gasteiger partial charge in [0.1, 0.15) is 12.2 Å². The van der Waals surface area contributed by atoms with Crippen LogP contribution in [0.4, 0.5) is 0 Å². The van der Waals surface area contributed by atoms with Gasteiger partial charge < -0.3 is 24.8 Å². The van der Waals surface area contributed by atoms with Crippen molar-refractivity contribution in [2.24, 2.45) is 5.41 Å². The van der Waals surface area contributed by atoms with E-state index in [1.807, 2.05) is 13.8 Å². The molecule has 0 aromatic heterocycles. The summed E-state index contributed by atoms with van der Waals surface area (Å²) in [5, 5.41) is 5.62. The number of nitrogens with one attached hydrogen (secondary N) is 2. The smallest absolute Gasteiger partial charge is 0.307 e. The minimum Gasteiger partial charge on any atom is -0.461 e. The highest BCUT2D eigenvalue weighted by molar-refractivity contribution is 5.82. The monoisotopic (exact) mass is 580 g/mol. The first kappa shape index (κ1) is 37.1. The molecule has 1 saturated heterocycles. The first-order valence-corrected chi connectivity index (χ1v) is 16.2. The standard InChI is InChI=1S/C33H60N2O6/c1-7-8-9-10-11-12-13-14-15-16-17-18-19-20-21-22-28(36)35-25-27(2)40-29(37)23-24-34-31(38)30-32(3,4)26-39-33(5,6)41-30/h14-15,27,30H,7-13,16-26H2,1-6H3,(H,34,38)(H,35,36)/t27-,30?/m1/s1. The number of unbranched alkanes of at least 4 members (excludes halogenated alkanes) is 11. The third kappa shape index (κ3) is 18.3. The maximum absolute atomic E-state index is 12.6. The third-order valence-electron chi connectivity index (χ3n) is 7.35. The van der Waals surface area contributed by atoms with E-state index in [2.05, 4.69) is 29.7 Å². The second-order valence-corrected chi connectivity index (χ2v) is 12.7. The second kappa shape index (κ2) is 20.9. The average molecular weight is 581 g/mol. The molecule has 8 heteroatoms. The molecule has 1 aliphatic rings. The Morgan fingerprint density at radius 1 is 0.854 bits per heavy atom. The van der Waals surface area contributed by atoms with Gasteiger partial charge in [-0.15, -0.1) is 0 Å². The van der Waals surface area contributed by atoms with Crippen molar-refractivity contribution in [3.8, 4) is 0 Å². The van der Waals surface area contributed by atoms with Crippen LogP contribution in [0.3, 0.4) is 0 Å². The summed E-state index contributed by atoms with van der Waals surface area (Å²) in [7, 11) is 0. The van der Waals surface area contributed by atoms with Crippen molar-refractivity contribution >= 4 is 17.8 Å². The summed E-state index contributed by atoms with van der Waals surface area (Å²) in [4.78, 5) is 36.9. The molecule has 41 heavy (non-hydrogen) atoms. The molecule has 0 saturated carbocycles. The lowest BCUT2D eigenvalue weighted by Gasteiger charge is -2.44. The summed E-state index contributed by atoms with van der Waals surface area (Å²) in [5.74, 6) is -1.54. The number of allylic oxidation sites excluding steroid dienone is 2. The summed E-state index contributed by atoms with van der Waals surface area (Å²) in [6.45, 7) is 12.2. The zero-order valence-corrected chi connectivity index (χ0v) is 27.0. The largest absolute Gasteiger partial charge is 0.461 e. The van der Waals surface area contributed by atoms with E-state index >= 15 is 0 Å². The van der Waals surface area contributed by atoms with Crippen LogP contribution in [0.15, 0.2) is 12.2 Å². The van der Waals surface area contributed by atoms with Gasteiger partial charge in [0.25, 0.3) is 0 Å². The SMILES string of the molecule is CCCCCCCCC=CCCCCCCCC(=O)NC[C@@H](C)OC(=O)CCNC(=O)C1OC(C)(C)OCC1(C)C. The number of esters is 1. The molecule has 1 rings (SSSR count). The molecule has 0 aliphatic carbocycles. The highest BCUT2D eigenvalue weighted by Crippen LogP contribution is 2.34. The number of ether oxygens (including phenoxy) is 3. The van der Waals surface area contributed by atoms with E-state index in [4.69, 9.17) is 14.2 Å². The number of carbonyl (C=O) groups excluding carboxylic acids is 3. The van der Waals surface area contributed by atoms with Crippen LogP contribution >= 0.6 is 0 Å². The maximum Gasteiger partial charge on any atom is 0.307 e. The van der Waals surface area contributed by atoms with E-state index in [1.54, 1.807) is 20.8 Å². The summed E-state index contributed by atoms with van der Waals surface area (Å²) in [6.07, 6.45) is 20.1. The predicted molar refractivity (Wildman–Crippen MR) is 164 cm³/mol. The van der Waals surface area contributed by atoms with Crippen molar-refractivity contribution in [3.63, 3.8) is 0 Å². The quantitative estimate of drug-likeness (QED) is 0.0834. The van der Waals surface area contributed by atoms with Crippen LogP contribution in [0.1, 0.15) is 138 Å². The van der Waals surface area contributed by atoms with Gasteiger partial charge in [-0.3, -0.25) is 14.4 Å². The topological polar surface area (TPSA) is 103 Å². The lowest BCUT2D eigenvalue weighted by Crippen LogP contribution is -2.56. The van der Waals surface area contributed by atoms with Gasteiger partial charge in [-0.1, -0.05) is 84.3 Å². The number of carbonyl (C=O) groups is 3. The number of hydrogen-bond acceptors (Lipinski definition) is 6.